The molecule has 1 aliphatic carbocycles. The fourth-order valence-corrected chi connectivity index (χ4v) is 8.35. The molecule has 1 fully saturated rings. The second kappa shape index (κ2) is 10.4. The van der Waals surface area contributed by atoms with Crippen LogP contribution in [0, 0.1) is 5.82 Å². The van der Waals surface area contributed by atoms with Crippen molar-refractivity contribution >= 4 is 22.5 Å². The second-order valence-corrected chi connectivity index (χ2v) is 12.6. The minimum Gasteiger partial charge on any atom is -0.472 e. The van der Waals surface area contributed by atoms with E-state index in [-0.39, 0.29) is 11.2 Å². The van der Waals surface area contributed by atoms with Crippen molar-refractivity contribution in [2.75, 3.05) is 18.0 Å². The Labute approximate surface area is 259 Å². The smallest absolute Gasteiger partial charge is 0.178 e. The summed E-state index contributed by atoms with van der Waals surface area (Å²) in [5.41, 5.74) is 8.26. The van der Waals surface area contributed by atoms with Crippen molar-refractivity contribution in [3.05, 3.63) is 137 Å². The lowest BCUT2D eigenvalue weighted by atomic mass is 9.71. The van der Waals surface area contributed by atoms with Crippen LogP contribution in [0.3, 0.4) is 0 Å². The van der Waals surface area contributed by atoms with Gasteiger partial charge in [-0.15, -0.1) is 0 Å². The van der Waals surface area contributed by atoms with Gasteiger partial charge >= 0.3 is 0 Å². The number of anilines is 1. The van der Waals surface area contributed by atoms with Crippen LogP contribution in [-0.2, 0) is 11.0 Å². The minimum absolute atomic E-state index is 0.177. The molecule has 5 aromatic rings. The molecule has 3 aliphatic rings. The SMILES string of the molecule is CCC1(CC)c2cc(F)ccc2-c2c1c1c(c3ccccc23)OC(c2ccccc2)(c2ccc(N3CCCCC3)cc2)C=C1. The number of hydrogen-bond donors (Lipinski definition) is 0. The van der Waals surface area contributed by atoms with Gasteiger partial charge in [-0.05, 0) is 90.1 Å². The number of benzene rings is 5. The zero-order valence-corrected chi connectivity index (χ0v) is 25.6. The summed E-state index contributed by atoms with van der Waals surface area (Å²) in [6, 6.07) is 33.6. The first-order chi connectivity index (χ1) is 21.6. The molecule has 0 radical (unpaired) electrons. The van der Waals surface area contributed by atoms with Crippen LogP contribution in [0.15, 0.2) is 103 Å². The predicted molar refractivity (Wildman–Crippen MR) is 180 cm³/mol. The third kappa shape index (κ3) is 3.84. The van der Waals surface area contributed by atoms with Gasteiger partial charge in [-0.2, -0.15) is 0 Å². The van der Waals surface area contributed by atoms with E-state index in [1.165, 1.54) is 36.1 Å². The Balaban J connectivity index is 1.37. The molecule has 0 bridgehead atoms. The topological polar surface area (TPSA) is 12.5 Å². The maximum atomic E-state index is 14.8. The number of rotatable bonds is 5. The first-order valence-electron chi connectivity index (χ1n) is 16.3. The van der Waals surface area contributed by atoms with Crippen LogP contribution in [0.2, 0.25) is 0 Å². The van der Waals surface area contributed by atoms with Gasteiger partial charge in [0, 0.05) is 46.3 Å². The number of piperidine rings is 1. The molecule has 0 saturated carbocycles. The lowest BCUT2D eigenvalue weighted by Crippen LogP contribution is -2.35. The molecule has 1 atom stereocenters. The lowest BCUT2D eigenvalue weighted by Gasteiger charge is -2.39. The molecular formula is C41H38FNO. The molecule has 2 nitrogen and oxygen atoms in total. The average Bonchev–Trinajstić information content (AvgIpc) is 3.39. The normalized spacial score (nSPS) is 19.8. The molecule has 0 N–H and O–H groups in total. The van der Waals surface area contributed by atoms with E-state index in [1.54, 1.807) is 12.1 Å². The van der Waals surface area contributed by atoms with Crippen molar-refractivity contribution in [3.8, 4) is 16.9 Å². The van der Waals surface area contributed by atoms with Gasteiger partial charge in [0.15, 0.2) is 5.60 Å². The standard InChI is InChI=1S/C41H38FNO/c1-3-40(4-2)36-27-30(42)19-22-34(36)37-32-15-9-10-16-33(32)39-35(38(37)40)23-24-41(44-39,28-13-7-5-8-14-28)29-17-20-31(21-18-29)43-25-11-6-12-26-43/h5,7-10,13-24,27H,3-4,6,11-12,25-26H2,1-2H3. The number of ether oxygens (including phenoxy) is 1. The fraction of sp³-hybridized carbons (Fsp3) is 0.268. The molecule has 1 saturated heterocycles. The molecule has 44 heavy (non-hydrogen) atoms. The Bertz CT molecular complexity index is 1900. The first kappa shape index (κ1) is 27.2. The second-order valence-electron chi connectivity index (χ2n) is 12.6. The summed E-state index contributed by atoms with van der Waals surface area (Å²) in [5, 5.41) is 2.25. The Hall–Kier alpha value is -4.37. The Kier molecular flexibility index (Phi) is 6.41. The van der Waals surface area contributed by atoms with Gasteiger partial charge in [-0.3, -0.25) is 0 Å². The summed E-state index contributed by atoms with van der Waals surface area (Å²) in [5.74, 6) is 0.731. The third-order valence-corrected chi connectivity index (χ3v) is 10.6. The highest BCUT2D eigenvalue weighted by Gasteiger charge is 2.47. The van der Waals surface area contributed by atoms with Crippen LogP contribution >= 0.6 is 0 Å². The van der Waals surface area contributed by atoms with E-state index in [2.05, 4.69) is 110 Å². The molecule has 8 rings (SSSR count). The van der Waals surface area contributed by atoms with E-state index in [0.29, 0.717) is 0 Å². The van der Waals surface area contributed by atoms with Gasteiger partial charge in [0.1, 0.15) is 11.6 Å². The van der Waals surface area contributed by atoms with Crippen LogP contribution < -0.4 is 9.64 Å². The van der Waals surface area contributed by atoms with E-state index in [1.807, 2.05) is 6.07 Å². The number of fused-ring (bicyclic) bond motifs is 8. The predicted octanol–water partition coefficient (Wildman–Crippen LogP) is 10.4. The van der Waals surface area contributed by atoms with Crippen molar-refractivity contribution in [2.24, 2.45) is 0 Å². The summed E-state index contributed by atoms with van der Waals surface area (Å²) in [6.07, 6.45) is 10.2. The van der Waals surface area contributed by atoms with E-state index in [9.17, 15) is 4.39 Å². The van der Waals surface area contributed by atoms with Gasteiger partial charge in [-0.25, -0.2) is 4.39 Å². The van der Waals surface area contributed by atoms with Gasteiger partial charge in [0.2, 0.25) is 0 Å². The maximum absolute atomic E-state index is 14.8. The zero-order valence-electron chi connectivity index (χ0n) is 25.6. The third-order valence-electron chi connectivity index (χ3n) is 10.6. The van der Waals surface area contributed by atoms with Crippen molar-refractivity contribution in [2.45, 2.75) is 57.0 Å². The number of hydrogen-bond acceptors (Lipinski definition) is 2. The summed E-state index contributed by atoms with van der Waals surface area (Å²) in [7, 11) is 0. The molecular weight excluding hydrogens is 541 g/mol. The van der Waals surface area contributed by atoms with Crippen LogP contribution in [0.5, 0.6) is 5.75 Å². The molecule has 0 aromatic heterocycles. The van der Waals surface area contributed by atoms with Crippen LogP contribution in [0.25, 0.3) is 28.0 Å². The molecule has 1 unspecified atom stereocenters. The van der Waals surface area contributed by atoms with E-state index < -0.39 is 5.60 Å². The first-order valence-corrected chi connectivity index (χ1v) is 16.3. The Morgan fingerprint density at radius 2 is 1.43 bits per heavy atom. The highest BCUT2D eigenvalue weighted by molar-refractivity contribution is 6.08. The average molecular weight is 580 g/mol. The molecule has 5 aromatic carbocycles. The van der Waals surface area contributed by atoms with E-state index in [4.69, 9.17) is 4.74 Å². The van der Waals surface area contributed by atoms with Crippen LogP contribution in [0.1, 0.15) is 73.8 Å². The molecule has 220 valence electrons. The van der Waals surface area contributed by atoms with Crippen molar-refractivity contribution in [3.63, 3.8) is 0 Å². The fourth-order valence-electron chi connectivity index (χ4n) is 8.35. The maximum Gasteiger partial charge on any atom is 0.178 e. The van der Waals surface area contributed by atoms with Gasteiger partial charge in [0.05, 0.1) is 0 Å². The molecule has 2 aliphatic heterocycles. The summed E-state index contributed by atoms with van der Waals surface area (Å²) < 4.78 is 22.3. The Morgan fingerprint density at radius 1 is 0.750 bits per heavy atom. The number of nitrogens with zero attached hydrogens (tertiary/aromatic N) is 1. The van der Waals surface area contributed by atoms with Crippen molar-refractivity contribution < 1.29 is 9.13 Å². The van der Waals surface area contributed by atoms with E-state index in [0.717, 1.165) is 70.3 Å². The summed E-state index contributed by atoms with van der Waals surface area (Å²) in [4.78, 5) is 2.50. The zero-order chi connectivity index (χ0) is 29.9. The van der Waals surface area contributed by atoms with Crippen LogP contribution in [-0.4, -0.2) is 13.1 Å². The van der Waals surface area contributed by atoms with E-state index >= 15 is 0 Å². The number of halogens is 1. The monoisotopic (exact) mass is 579 g/mol. The van der Waals surface area contributed by atoms with Gasteiger partial charge in [-0.1, -0.05) is 92.7 Å². The summed E-state index contributed by atoms with van der Waals surface area (Å²) >= 11 is 0. The van der Waals surface area contributed by atoms with Gasteiger partial charge < -0.3 is 9.64 Å². The molecule has 0 amide bonds. The van der Waals surface area contributed by atoms with Crippen molar-refractivity contribution in [1.29, 1.82) is 0 Å². The highest BCUT2D eigenvalue weighted by Crippen LogP contribution is 2.60. The Morgan fingerprint density at radius 3 is 2.16 bits per heavy atom. The summed E-state index contributed by atoms with van der Waals surface area (Å²) in [6.45, 7) is 6.71. The van der Waals surface area contributed by atoms with Crippen LogP contribution in [0.4, 0.5) is 10.1 Å². The highest BCUT2D eigenvalue weighted by atomic mass is 19.1. The van der Waals surface area contributed by atoms with Crippen molar-refractivity contribution in [1.82, 2.24) is 0 Å². The molecule has 0 spiro atoms. The quantitative estimate of drug-likeness (QED) is 0.205. The molecule has 2 heterocycles. The molecule has 3 heteroatoms. The largest absolute Gasteiger partial charge is 0.472 e. The minimum atomic E-state index is -0.787. The van der Waals surface area contributed by atoms with Gasteiger partial charge in [0.25, 0.3) is 0 Å². The lowest BCUT2D eigenvalue weighted by molar-refractivity contribution is 0.163.